The Morgan fingerprint density at radius 2 is 2.19 bits per heavy atom. The number of nitro benzene ring substituents is 1. The van der Waals surface area contributed by atoms with Gasteiger partial charge in [0.1, 0.15) is 0 Å². The molecule has 1 aliphatic heterocycles. The summed E-state index contributed by atoms with van der Waals surface area (Å²) in [5.74, 6) is -1.08. The van der Waals surface area contributed by atoms with Gasteiger partial charge in [0.15, 0.2) is 0 Å². The lowest BCUT2D eigenvalue weighted by atomic mass is 10.0. The van der Waals surface area contributed by atoms with Crippen molar-refractivity contribution in [1.29, 1.82) is 0 Å². The molecule has 1 aromatic rings. The van der Waals surface area contributed by atoms with Crippen LogP contribution in [0.3, 0.4) is 0 Å². The average molecular weight is 317 g/mol. The molecule has 1 unspecified atom stereocenters. The van der Waals surface area contributed by atoms with Gasteiger partial charge in [-0.15, -0.1) is 0 Å². The van der Waals surface area contributed by atoms with Crippen molar-refractivity contribution in [2.24, 2.45) is 11.7 Å². The molecule has 1 heterocycles. The van der Waals surface area contributed by atoms with E-state index in [1.165, 1.54) is 4.31 Å². The lowest BCUT2D eigenvalue weighted by Crippen LogP contribution is -2.41. The van der Waals surface area contributed by atoms with Crippen LogP contribution in [0, 0.1) is 21.8 Å². The number of halogens is 1. The molecule has 7 nitrogen and oxygen atoms in total. The molecule has 0 aliphatic carbocycles. The second-order valence-electron chi connectivity index (χ2n) is 4.98. The van der Waals surface area contributed by atoms with Crippen molar-refractivity contribution < 1.29 is 17.7 Å². The molecule has 1 fully saturated rings. The van der Waals surface area contributed by atoms with Crippen molar-refractivity contribution in [2.45, 2.75) is 17.7 Å². The van der Waals surface area contributed by atoms with Crippen LogP contribution < -0.4 is 5.73 Å². The fourth-order valence-corrected chi connectivity index (χ4v) is 3.95. The average Bonchev–Trinajstić information content (AvgIpc) is 2.46. The van der Waals surface area contributed by atoms with Crippen LogP contribution in [-0.2, 0) is 10.0 Å². The Kier molecular flexibility index (Phi) is 4.55. The third-order valence-electron chi connectivity index (χ3n) is 3.57. The molecular weight excluding hydrogens is 301 g/mol. The van der Waals surface area contributed by atoms with Gasteiger partial charge in [-0.25, -0.2) is 8.42 Å². The zero-order valence-electron chi connectivity index (χ0n) is 11.2. The third kappa shape index (κ3) is 3.20. The van der Waals surface area contributed by atoms with Gasteiger partial charge in [-0.3, -0.25) is 10.1 Å². The maximum absolute atomic E-state index is 13.6. The third-order valence-corrected chi connectivity index (χ3v) is 5.43. The minimum Gasteiger partial charge on any atom is -0.330 e. The van der Waals surface area contributed by atoms with Gasteiger partial charge in [0.2, 0.25) is 15.8 Å². The molecule has 1 aliphatic rings. The van der Waals surface area contributed by atoms with Gasteiger partial charge >= 0.3 is 5.69 Å². The van der Waals surface area contributed by atoms with Crippen molar-refractivity contribution in [3.05, 3.63) is 34.1 Å². The number of benzene rings is 1. The Balaban J connectivity index is 2.31. The SMILES string of the molecule is NCC1CCCN(S(=O)(=O)c2ccc([N+](=O)[O-])c(F)c2)C1. The van der Waals surface area contributed by atoms with Gasteiger partial charge in [0.25, 0.3) is 0 Å². The fraction of sp³-hybridized carbons (Fsp3) is 0.500. The molecule has 0 radical (unpaired) electrons. The van der Waals surface area contributed by atoms with E-state index in [-0.39, 0.29) is 17.4 Å². The van der Waals surface area contributed by atoms with Gasteiger partial charge in [0.05, 0.1) is 9.82 Å². The highest BCUT2D eigenvalue weighted by molar-refractivity contribution is 7.89. The van der Waals surface area contributed by atoms with E-state index in [0.717, 1.165) is 18.6 Å². The Morgan fingerprint density at radius 1 is 1.48 bits per heavy atom. The van der Waals surface area contributed by atoms with E-state index in [2.05, 4.69) is 0 Å². The number of nitrogens with zero attached hydrogens (tertiary/aromatic N) is 2. The first-order valence-corrected chi connectivity index (χ1v) is 7.94. The van der Waals surface area contributed by atoms with Gasteiger partial charge in [-0.05, 0) is 31.4 Å². The molecule has 2 N–H and O–H groups in total. The van der Waals surface area contributed by atoms with Crippen molar-refractivity contribution in [1.82, 2.24) is 4.31 Å². The smallest absolute Gasteiger partial charge is 0.304 e. The number of piperidine rings is 1. The molecule has 2 rings (SSSR count). The summed E-state index contributed by atoms with van der Waals surface area (Å²) in [5, 5.41) is 10.6. The summed E-state index contributed by atoms with van der Waals surface area (Å²) in [7, 11) is -3.85. The van der Waals surface area contributed by atoms with E-state index in [1.54, 1.807) is 0 Å². The number of nitro groups is 1. The normalized spacial score (nSPS) is 20.4. The second kappa shape index (κ2) is 6.04. The molecule has 0 saturated carbocycles. The number of rotatable bonds is 4. The summed E-state index contributed by atoms with van der Waals surface area (Å²) in [6.45, 7) is 1.02. The highest BCUT2D eigenvalue weighted by atomic mass is 32.2. The lowest BCUT2D eigenvalue weighted by molar-refractivity contribution is -0.387. The molecule has 1 aromatic carbocycles. The maximum atomic E-state index is 13.6. The topological polar surface area (TPSA) is 107 Å². The summed E-state index contributed by atoms with van der Waals surface area (Å²) in [5.41, 5.74) is 4.83. The van der Waals surface area contributed by atoms with E-state index >= 15 is 0 Å². The first kappa shape index (κ1) is 15.8. The van der Waals surface area contributed by atoms with Crippen LogP contribution in [-0.4, -0.2) is 37.3 Å². The van der Waals surface area contributed by atoms with Crippen molar-refractivity contribution in [3.63, 3.8) is 0 Å². The van der Waals surface area contributed by atoms with Crippen LogP contribution in [0.25, 0.3) is 0 Å². The minimum absolute atomic E-state index is 0.0800. The standard InChI is InChI=1S/C12H16FN3O4S/c13-11-6-10(3-4-12(11)16(17)18)21(19,20)15-5-1-2-9(7-14)8-15/h3-4,6,9H,1-2,5,7-8,14H2. The first-order valence-electron chi connectivity index (χ1n) is 6.50. The quantitative estimate of drug-likeness (QED) is 0.661. The monoisotopic (exact) mass is 317 g/mol. The van der Waals surface area contributed by atoms with E-state index in [9.17, 15) is 22.9 Å². The van der Waals surface area contributed by atoms with Crippen LogP contribution in [0.2, 0.25) is 0 Å². The summed E-state index contributed by atoms with van der Waals surface area (Å²) < 4.78 is 39.7. The minimum atomic E-state index is -3.85. The van der Waals surface area contributed by atoms with Gasteiger partial charge in [-0.1, -0.05) is 0 Å². The Bertz CT molecular complexity index is 650. The van der Waals surface area contributed by atoms with Gasteiger partial charge in [0, 0.05) is 25.2 Å². The molecule has 0 bridgehead atoms. The molecule has 1 saturated heterocycles. The van der Waals surface area contributed by atoms with E-state index in [0.29, 0.717) is 25.6 Å². The summed E-state index contributed by atoms with van der Waals surface area (Å²) in [4.78, 5) is 9.39. The van der Waals surface area contributed by atoms with Crippen LogP contribution >= 0.6 is 0 Å². The molecule has 0 aromatic heterocycles. The first-order chi connectivity index (χ1) is 9.86. The predicted octanol–water partition coefficient (Wildman–Crippen LogP) is 1.09. The van der Waals surface area contributed by atoms with Crippen LogP contribution in [0.1, 0.15) is 12.8 Å². The van der Waals surface area contributed by atoms with Crippen molar-refractivity contribution in [2.75, 3.05) is 19.6 Å². The Hall–Kier alpha value is -1.58. The maximum Gasteiger partial charge on any atom is 0.304 e. The molecule has 1 atom stereocenters. The zero-order valence-corrected chi connectivity index (χ0v) is 12.1. The molecule has 0 amide bonds. The Morgan fingerprint density at radius 3 is 2.76 bits per heavy atom. The van der Waals surface area contributed by atoms with Crippen LogP contribution in [0.4, 0.5) is 10.1 Å². The second-order valence-corrected chi connectivity index (χ2v) is 6.92. The lowest BCUT2D eigenvalue weighted by Gasteiger charge is -2.31. The number of nitrogens with two attached hydrogens (primary N) is 1. The number of hydrogen-bond acceptors (Lipinski definition) is 5. The highest BCUT2D eigenvalue weighted by Gasteiger charge is 2.31. The summed E-state index contributed by atoms with van der Waals surface area (Å²) >= 11 is 0. The molecule has 116 valence electrons. The van der Waals surface area contributed by atoms with Crippen molar-refractivity contribution in [3.8, 4) is 0 Å². The van der Waals surface area contributed by atoms with Gasteiger partial charge < -0.3 is 5.73 Å². The zero-order chi connectivity index (χ0) is 15.6. The highest BCUT2D eigenvalue weighted by Crippen LogP contribution is 2.26. The summed E-state index contributed by atoms with van der Waals surface area (Å²) in [6.07, 6.45) is 1.55. The molecule has 9 heteroatoms. The van der Waals surface area contributed by atoms with E-state index in [4.69, 9.17) is 5.73 Å². The molecular formula is C12H16FN3O4S. The fourth-order valence-electron chi connectivity index (χ4n) is 2.38. The summed E-state index contributed by atoms with van der Waals surface area (Å²) in [6, 6.07) is 2.62. The van der Waals surface area contributed by atoms with Crippen LogP contribution in [0.5, 0.6) is 0 Å². The largest absolute Gasteiger partial charge is 0.330 e. The van der Waals surface area contributed by atoms with E-state index < -0.39 is 26.5 Å². The number of sulfonamides is 1. The van der Waals surface area contributed by atoms with Crippen LogP contribution in [0.15, 0.2) is 23.1 Å². The molecule has 21 heavy (non-hydrogen) atoms. The number of hydrogen-bond donors (Lipinski definition) is 1. The Labute approximate surface area is 121 Å². The van der Waals surface area contributed by atoms with Gasteiger partial charge in [-0.2, -0.15) is 8.70 Å². The molecule has 0 spiro atoms. The predicted molar refractivity (Wildman–Crippen MR) is 73.6 cm³/mol. The van der Waals surface area contributed by atoms with E-state index in [1.807, 2.05) is 0 Å². The van der Waals surface area contributed by atoms with Crippen molar-refractivity contribution >= 4 is 15.7 Å².